The van der Waals surface area contributed by atoms with Gasteiger partial charge in [-0.25, -0.2) is 15.0 Å². The summed E-state index contributed by atoms with van der Waals surface area (Å²) in [5.41, 5.74) is 0.879. The van der Waals surface area contributed by atoms with Gasteiger partial charge in [-0.1, -0.05) is 30.3 Å². The first kappa shape index (κ1) is 11.3. The third-order valence-electron chi connectivity index (χ3n) is 3.34. The minimum absolute atomic E-state index is 0.371. The summed E-state index contributed by atoms with van der Waals surface area (Å²) in [6.45, 7) is 0.776. The first-order chi connectivity index (χ1) is 8.89. The molecule has 1 unspecified atom stereocenters. The number of aromatic nitrogens is 3. The molecule has 4 heteroatoms. The summed E-state index contributed by atoms with van der Waals surface area (Å²) < 4.78 is 5.98. The van der Waals surface area contributed by atoms with E-state index in [1.165, 1.54) is 18.2 Å². The van der Waals surface area contributed by atoms with Crippen LogP contribution in [0.4, 0.5) is 0 Å². The number of hydrogen-bond acceptors (Lipinski definition) is 4. The van der Waals surface area contributed by atoms with Crippen LogP contribution >= 0.6 is 0 Å². The Hall–Kier alpha value is -1.81. The Morgan fingerprint density at radius 1 is 1.11 bits per heavy atom. The molecule has 2 heterocycles. The summed E-state index contributed by atoms with van der Waals surface area (Å²) in [6.07, 6.45) is 5.91. The molecule has 2 aromatic rings. The molecule has 0 spiro atoms. The van der Waals surface area contributed by atoms with Gasteiger partial charge in [0.05, 0.1) is 0 Å². The maximum atomic E-state index is 5.98. The zero-order chi connectivity index (χ0) is 12.3. The van der Waals surface area contributed by atoms with Gasteiger partial charge in [-0.15, -0.1) is 0 Å². The molecule has 92 valence electrons. The molecule has 0 radical (unpaired) electrons. The van der Waals surface area contributed by atoms with Crippen LogP contribution in [0.25, 0.3) is 0 Å². The standard InChI is InChI=1S/C14H15N3O/c1-2-5-12(6-3-1)9-14(7-4-8-18-14)13-16-10-15-11-17-13/h1-3,5-6,10-11H,4,7-9H2. The smallest absolute Gasteiger partial charge is 0.164 e. The molecule has 4 nitrogen and oxygen atoms in total. The van der Waals surface area contributed by atoms with Gasteiger partial charge in [0.1, 0.15) is 18.3 Å². The quantitative estimate of drug-likeness (QED) is 0.825. The van der Waals surface area contributed by atoms with E-state index in [1.807, 2.05) is 18.2 Å². The third kappa shape index (κ3) is 2.11. The second kappa shape index (κ2) is 4.82. The lowest BCUT2D eigenvalue weighted by molar-refractivity contribution is -0.00726. The van der Waals surface area contributed by atoms with E-state index < -0.39 is 0 Å². The number of benzene rings is 1. The minimum atomic E-state index is -0.371. The fourth-order valence-corrected chi connectivity index (χ4v) is 2.49. The number of rotatable bonds is 3. The van der Waals surface area contributed by atoms with E-state index in [2.05, 4.69) is 27.1 Å². The van der Waals surface area contributed by atoms with Crippen LogP contribution in [0.2, 0.25) is 0 Å². The maximum Gasteiger partial charge on any atom is 0.164 e. The van der Waals surface area contributed by atoms with Crippen LogP contribution < -0.4 is 0 Å². The van der Waals surface area contributed by atoms with Crippen molar-refractivity contribution in [2.75, 3.05) is 6.61 Å². The van der Waals surface area contributed by atoms with E-state index in [0.29, 0.717) is 0 Å². The molecule has 18 heavy (non-hydrogen) atoms. The first-order valence-electron chi connectivity index (χ1n) is 6.19. The average molecular weight is 241 g/mol. The fraction of sp³-hybridized carbons (Fsp3) is 0.357. The van der Waals surface area contributed by atoms with Gasteiger partial charge in [-0.2, -0.15) is 0 Å². The van der Waals surface area contributed by atoms with Crippen molar-refractivity contribution in [3.05, 3.63) is 54.4 Å². The lowest BCUT2D eigenvalue weighted by Gasteiger charge is -2.26. The Morgan fingerprint density at radius 2 is 1.89 bits per heavy atom. The Morgan fingerprint density at radius 3 is 2.56 bits per heavy atom. The predicted octanol–water partition coefficient (Wildman–Crippen LogP) is 2.12. The molecule has 0 aliphatic carbocycles. The molecule has 1 aromatic carbocycles. The molecule has 1 atom stereocenters. The molecule has 1 saturated heterocycles. The van der Waals surface area contributed by atoms with Gasteiger partial charge >= 0.3 is 0 Å². The molecule has 0 bridgehead atoms. The zero-order valence-electron chi connectivity index (χ0n) is 10.1. The average Bonchev–Trinajstić information content (AvgIpc) is 2.91. The van der Waals surface area contributed by atoms with Gasteiger partial charge in [-0.05, 0) is 18.4 Å². The van der Waals surface area contributed by atoms with Crippen molar-refractivity contribution < 1.29 is 4.74 Å². The molecule has 0 saturated carbocycles. The van der Waals surface area contributed by atoms with Gasteiger partial charge in [0, 0.05) is 13.0 Å². The van der Waals surface area contributed by atoms with E-state index in [9.17, 15) is 0 Å². The summed E-state index contributed by atoms with van der Waals surface area (Å²) in [4.78, 5) is 12.4. The van der Waals surface area contributed by atoms with Crippen LogP contribution in [0.3, 0.4) is 0 Å². The van der Waals surface area contributed by atoms with Crippen molar-refractivity contribution in [1.82, 2.24) is 15.0 Å². The van der Waals surface area contributed by atoms with Gasteiger partial charge < -0.3 is 4.74 Å². The minimum Gasteiger partial charge on any atom is -0.367 e. The van der Waals surface area contributed by atoms with E-state index in [0.717, 1.165) is 31.7 Å². The second-order valence-electron chi connectivity index (χ2n) is 4.57. The Kier molecular flexibility index (Phi) is 3.02. The van der Waals surface area contributed by atoms with E-state index >= 15 is 0 Å². The zero-order valence-corrected chi connectivity index (χ0v) is 10.1. The Balaban J connectivity index is 1.93. The molecule has 1 aliphatic rings. The van der Waals surface area contributed by atoms with Gasteiger partial charge in [-0.3, -0.25) is 0 Å². The van der Waals surface area contributed by atoms with E-state index in [4.69, 9.17) is 4.74 Å². The normalized spacial score (nSPS) is 23.1. The van der Waals surface area contributed by atoms with Gasteiger partial charge in [0.15, 0.2) is 5.82 Å². The van der Waals surface area contributed by atoms with Gasteiger partial charge in [0.25, 0.3) is 0 Å². The Labute approximate surface area is 106 Å². The largest absolute Gasteiger partial charge is 0.367 e. The molecule has 0 N–H and O–H groups in total. The van der Waals surface area contributed by atoms with Crippen LogP contribution in [0.5, 0.6) is 0 Å². The molecular weight excluding hydrogens is 226 g/mol. The molecule has 3 rings (SSSR count). The van der Waals surface area contributed by atoms with Crippen molar-refractivity contribution in [1.29, 1.82) is 0 Å². The summed E-state index contributed by atoms with van der Waals surface area (Å²) in [5.74, 6) is 0.749. The van der Waals surface area contributed by atoms with E-state index in [-0.39, 0.29) is 5.60 Å². The SMILES string of the molecule is c1ccc(CC2(c3ncncn3)CCCO2)cc1. The van der Waals surface area contributed by atoms with Crippen LogP contribution in [0.1, 0.15) is 24.2 Å². The monoisotopic (exact) mass is 241 g/mol. The summed E-state index contributed by atoms with van der Waals surface area (Å²) in [5, 5.41) is 0. The van der Waals surface area contributed by atoms with Crippen molar-refractivity contribution in [3.8, 4) is 0 Å². The molecular formula is C14H15N3O. The van der Waals surface area contributed by atoms with Crippen molar-refractivity contribution in [2.24, 2.45) is 0 Å². The summed E-state index contributed by atoms with van der Waals surface area (Å²) in [7, 11) is 0. The van der Waals surface area contributed by atoms with Crippen molar-refractivity contribution >= 4 is 0 Å². The van der Waals surface area contributed by atoms with Crippen molar-refractivity contribution in [3.63, 3.8) is 0 Å². The third-order valence-corrected chi connectivity index (χ3v) is 3.34. The van der Waals surface area contributed by atoms with Crippen LogP contribution in [-0.4, -0.2) is 21.6 Å². The first-order valence-corrected chi connectivity index (χ1v) is 6.19. The molecule has 1 aliphatic heterocycles. The van der Waals surface area contributed by atoms with Crippen molar-refractivity contribution in [2.45, 2.75) is 24.9 Å². The highest BCUT2D eigenvalue weighted by Gasteiger charge is 2.39. The van der Waals surface area contributed by atoms with Crippen LogP contribution in [0.15, 0.2) is 43.0 Å². The highest BCUT2D eigenvalue weighted by molar-refractivity contribution is 5.20. The lowest BCUT2D eigenvalue weighted by atomic mass is 9.91. The number of hydrogen-bond donors (Lipinski definition) is 0. The van der Waals surface area contributed by atoms with Gasteiger partial charge in [0.2, 0.25) is 0 Å². The molecule has 0 amide bonds. The van der Waals surface area contributed by atoms with Crippen LogP contribution in [-0.2, 0) is 16.8 Å². The summed E-state index contributed by atoms with van der Waals surface area (Å²) in [6, 6.07) is 10.3. The second-order valence-corrected chi connectivity index (χ2v) is 4.57. The highest BCUT2D eigenvalue weighted by atomic mass is 16.5. The maximum absolute atomic E-state index is 5.98. The fourth-order valence-electron chi connectivity index (χ4n) is 2.49. The Bertz CT molecular complexity index is 495. The molecule has 1 aromatic heterocycles. The number of ether oxygens (including phenoxy) is 1. The lowest BCUT2D eigenvalue weighted by Crippen LogP contribution is -2.30. The topological polar surface area (TPSA) is 47.9 Å². The predicted molar refractivity (Wildman–Crippen MR) is 66.8 cm³/mol. The van der Waals surface area contributed by atoms with Crippen LogP contribution in [0, 0.1) is 0 Å². The summed E-state index contributed by atoms with van der Waals surface area (Å²) >= 11 is 0. The number of nitrogens with zero attached hydrogens (tertiary/aromatic N) is 3. The highest BCUT2D eigenvalue weighted by Crippen LogP contribution is 2.36. The molecule has 1 fully saturated rings. The van der Waals surface area contributed by atoms with E-state index in [1.54, 1.807) is 0 Å².